The largest absolute Gasteiger partial charge is 0.487 e. The lowest BCUT2D eigenvalue weighted by atomic mass is 10.0. The molecular weight excluding hydrogens is 448 g/mol. The third-order valence-corrected chi connectivity index (χ3v) is 9.33. The van der Waals surface area contributed by atoms with Crippen LogP contribution in [0.3, 0.4) is 0 Å². The van der Waals surface area contributed by atoms with Crippen molar-refractivity contribution in [3.05, 3.63) is 48.5 Å². The van der Waals surface area contributed by atoms with Crippen molar-refractivity contribution in [2.75, 3.05) is 33.3 Å². The number of hydrogen-bond donors (Lipinski definition) is 1. The summed E-state index contributed by atoms with van der Waals surface area (Å²) in [5, 5.41) is 9.83. The fourth-order valence-corrected chi connectivity index (χ4v) is 7.09. The van der Waals surface area contributed by atoms with Crippen molar-refractivity contribution in [3.8, 4) is 16.9 Å². The summed E-state index contributed by atoms with van der Waals surface area (Å²) in [6, 6.07) is 14.8. The Balaban J connectivity index is 1.70. The van der Waals surface area contributed by atoms with E-state index in [0.717, 1.165) is 30.1 Å². The number of ether oxygens (including phenoxy) is 1. The van der Waals surface area contributed by atoms with Gasteiger partial charge in [0.1, 0.15) is 16.7 Å². The van der Waals surface area contributed by atoms with E-state index < -0.39 is 16.1 Å². The van der Waals surface area contributed by atoms with Gasteiger partial charge in [-0.3, -0.25) is 0 Å². The molecule has 186 valence electrons. The highest BCUT2D eigenvalue weighted by molar-refractivity contribution is 7.89. The summed E-state index contributed by atoms with van der Waals surface area (Å²) in [5.41, 5.74) is 1.93. The van der Waals surface area contributed by atoms with E-state index >= 15 is 0 Å². The van der Waals surface area contributed by atoms with E-state index in [1.165, 1.54) is 30.0 Å². The molecule has 1 fully saturated rings. The first-order valence-electron chi connectivity index (χ1n) is 12.5. The zero-order valence-corrected chi connectivity index (χ0v) is 21.4. The standard InChI is InChI=1S/C27H38N2O4S/c1-20-16-29(21(2)19-30)34(31,32)27-14-13-24(23-11-5-4-6-12-23)15-25(27)33-26(20)18-28(3)17-22-9-7-8-10-22/h4-6,11-15,20-22,26,30H,7-10,16-19H2,1-3H3/t20-,21+,26+/m1/s1. The summed E-state index contributed by atoms with van der Waals surface area (Å²) in [7, 11) is -1.68. The normalized spacial score (nSPS) is 24.3. The molecule has 7 heteroatoms. The number of nitrogens with zero attached hydrogens (tertiary/aromatic N) is 2. The first kappa shape index (κ1) is 25.2. The number of sulfonamides is 1. The molecule has 34 heavy (non-hydrogen) atoms. The molecule has 0 spiro atoms. The Morgan fingerprint density at radius 1 is 1.09 bits per heavy atom. The Hall–Kier alpha value is -1.93. The van der Waals surface area contributed by atoms with Crippen LogP contribution in [0.2, 0.25) is 0 Å². The van der Waals surface area contributed by atoms with Crippen molar-refractivity contribution in [2.24, 2.45) is 11.8 Å². The molecule has 0 bridgehead atoms. The first-order valence-corrected chi connectivity index (χ1v) is 13.9. The maximum atomic E-state index is 13.7. The van der Waals surface area contributed by atoms with Crippen molar-refractivity contribution >= 4 is 10.0 Å². The average molecular weight is 487 g/mol. The number of benzene rings is 2. The van der Waals surface area contributed by atoms with E-state index in [-0.39, 0.29) is 23.5 Å². The predicted molar refractivity (Wildman–Crippen MR) is 135 cm³/mol. The predicted octanol–water partition coefficient (Wildman–Crippen LogP) is 4.24. The lowest BCUT2D eigenvalue weighted by Crippen LogP contribution is -2.49. The summed E-state index contributed by atoms with van der Waals surface area (Å²) >= 11 is 0. The van der Waals surface area contributed by atoms with Crippen LogP contribution >= 0.6 is 0 Å². The van der Waals surface area contributed by atoms with Gasteiger partial charge < -0.3 is 14.7 Å². The number of aliphatic hydroxyl groups is 1. The smallest absolute Gasteiger partial charge is 0.247 e. The van der Waals surface area contributed by atoms with Gasteiger partial charge >= 0.3 is 0 Å². The van der Waals surface area contributed by atoms with Gasteiger partial charge in [-0.25, -0.2) is 8.42 Å². The van der Waals surface area contributed by atoms with Crippen LogP contribution in [0.5, 0.6) is 5.75 Å². The monoisotopic (exact) mass is 486 g/mol. The molecule has 0 saturated heterocycles. The van der Waals surface area contributed by atoms with Crippen molar-refractivity contribution in [1.29, 1.82) is 0 Å². The Labute approximate surface area is 204 Å². The minimum atomic E-state index is -3.82. The Kier molecular flexibility index (Phi) is 7.97. The quantitative estimate of drug-likeness (QED) is 0.634. The fourth-order valence-electron chi connectivity index (χ4n) is 5.27. The zero-order valence-electron chi connectivity index (χ0n) is 20.6. The maximum Gasteiger partial charge on any atom is 0.247 e. The highest BCUT2D eigenvalue weighted by Gasteiger charge is 2.38. The van der Waals surface area contributed by atoms with E-state index in [2.05, 4.69) is 11.9 Å². The SMILES string of the molecule is C[C@@H]1CN([C@@H](C)CO)S(=O)(=O)c2ccc(-c3ccccc3)cc2O[C@H]1CN(C)CC1CCCC1. The molecule has 1 saturated carbocycles. The molecule has 0 amide bonds. The molecule has 0 radical (unpaired) electrons. The van der Waals surface area contributed by atoms with Gasteiger partial charge in [-0.05, 0) is 56.0 Å². The highest BCUT2D eigenvalue weighted by atomic mass is 32.2. The Morgan fingerprint density at radius 2 is 1.79 bits per heavy atom. The lowest BCUT2D eigenvalue weighted by molar-refractivity contribution is 0.0712. The average Bonchev–Trinajstić information content (AvgIpc) is 3.34. The van der Waals surface area contributed by atoms with Crippen LogP contribution in [-0.2, 0) is 10.0 Å². The van der Waals surface area contributed by atoms with Gasteiger partial charge in [0, 0.05) is 31.6 Å². The van der Waals surface area contributed by atoms with Crippen molar-refractivity contribution < 1.29 is 18.3 Å². The lowest BCUT2D eigenvalue weighted by Gasteiger charge is -2.38. The number of fused-ring (bicyclic) bond motifs is 1. The number of hydrogen-bond acceptors (Lipinski definition) is 5. The van der Waals surface area contributed by atoms with Crippen molar-refractivity contribution in [2.45, 2.75) is 56.6 Å². The van der Waals surface area contributed by atoms with E-state index in [1.54, 1.807) is 13.0 Å². The third kappa shape index (κ3) is 5.48. The minimum Gasteiger partial charge on any atom is -0.487 e. The molecule has 3 atom stereocenters. The Bertz CT molecular complexity index is 1050. The van der Waals surface area contributed by atoms with Crippen LogP contribution in [0.1, 0.15) is 39.5 Å². The molecule has 6 nitrogen and oxygen atoms in total. The highest BCUT2D eigenvalue weighted by Crippen LogP contribution is 2.36. The topological polar surface area (TPSA) is 70.1 Å². The maximum absolute atomic E-state index is 13.7. The summed E-state index contributed by atoms with van der Waals surface area (Å²) in [5.74, 6) is 1.09. The van der Waals surface area contributed by atoms with Gasteiger partial charge in [0.25, 0.3) is 0 Å². The second-order valence-corrected chi connectivity index (χ2v) is 12.0. The van der Waals surface area contributed by atoms with E-state index in [9.17, 15) is 13.5 Å². The molecule has 1 heterocycles. The number of rotatable bonds is 7. The van der Waals surface area contributed by atoms with Gasteiger partial charge in [-0.1, -0.05) is 56.2 Å². The van der Waals surface area contributed by atoms with Crippen LogP contribution in [0.25, 0.3) is 11.1 Å². The second-order valence-electron chi connectivity index (χ2n) is 10.1. The van der Waals surface area contributed by atoms with Crippen LogP contribution < -0.4 is 4.74 Å². The number of likely N-dealkylation sites (N-methyl/N-ethyl adjacent to an activating group) is 1. The zero-order chi connectivity index (χ0) is 24.3. The molecule has 1 N–H and O–H groups in total. The Morgan fingerprint density at radius 3 is 2.47 bits per heavy atom. The van der Waals surface area contributed by atoms with Crippen molar-refractivity contribution in [3.63, 3.8) is 0 Å². The first-order chi connectivity index (χ1) is 16.3. The van der Waals surface area contributed by atoms with E-state index in [1.807, 2.05) is 49.4 Å². The summed E-state index contributed by atoms with van der Waals surface area (Å²) in [6.07, 6.45) is 5.04. The van der Waals surface area contributed by atoms with Gasteiger partial charge in [0.2, 0.25) is 10.0 Å². The molecule has 1 aliphatic carbocycles. The molecule has 0 aromatic heterocycles. The summed E-state index contributed by atoms with van der Waals surface area (Å²) < 4.78 is 35.3. The molecule has 0 unspecified atom stereocenters. The fraction of sp³-hybridized carbons (Fsp3) is 0.556. The van der Waals surface area contributed by atoms with E-state index in [0.29, 0.717) is 12.3 Å². The van der Waals surface area contributed by atoms with Crippen LogP contribution in [-0.4, -0.2) is 68.2 Å². The molecular formula is C27H38N2O4S. The molecule has 2 aliphatic rings. The van der Waals surface area contributed by atoms with Gasteiger partial charge in [0.15, 0.2) is 0 Å². The summed E-state index contributed by atoms with van der Waals surface area (Å²) in [6.45, 7) is 5.66. The summed E-state index contributed by atoms with van der Waals surface area (Å²) in [4.78, 5) is 2.51. The van der Waals surface area contributed by atoms with Crippen LogP contribution in [0, 0.1) is 11.8 Å². The molecule has 2 aromatic carbocycles. The molecule has 4 rings (SSSR count). The minimum absolute atomic E-state index is 0.0386. The van der Waals surface area contributed by atoms with Gasteiger partial charge in [0.05, 0.1) is 6.61 Å². The third-order valence-electron chi connectivity index (χ3n) is 7.31. The van der Waals surface area contributed by atoms with Gasteiger partial charge in [-0.2, -0.15) is 4.31 Å². The van der Waals surface area contributed by atoms with Crippen molar-refractivity contribution in [1.82, 2.24) is 9.21 Å². The van der Waals surface area contributed by atoms with E-state index in [4.69, 9.17) is 4.74 Å². The van der Waals surface area contributed by atoms with Crippen LogP contribution in [0.15, 0.2) is 53.4 Å². The van der Waals surface area contributed by atoms with Gasteiger partial charge in [-0.15, -0.1) is 0 Å². The molecule has 1 aliphatic heterocycles. The molecule has 2 aromatic rings. The number of aliphatic hydroxyl groups excluding tert-OH is 1. The van der Waals surface area contributed by atoms with Crippen LogP contribution in [0.4, 0.5) is 0 Å². The second kappa shape index (κ2) is 10.8.